The van der Waals surface area contributed by atoms with Crippen molar-refractivity contribution in [2.45, 2.75) is 6.92 Å². The number of amides is 1. The van der Waals surface area contributed by atoms with Gasteiger partial charge in [0.05, 0.1) is 5.56 Å². The number of phenols is 1. The molecule has 0 atom stereocenters. The summed E-state index contributed by atoms with van der Waals surface area (Å²) in [5, 5.41) is 10.2. The zero-order valence-corrected chi connectivity index (χ0v) is 17.0. The average Bonchev–Trinajstić information content (AvgIpc) is 3.23. The van der Waals surface area contributed by atoms with Crippen LogP contribution in [0.3, 0.4) is 0 Å². The Hall–Kier alpha value is -4.01. The van der Waals surface area contributed by atoms with Gasteiger partial charge in [-0.05, 0) is 25.1 Å². The van der Waals surface area contributed by atoms with Gasteiger partial charge in [0.25, 0.3) is 5.91 Å². The van der Waals surface area contributed by atoms with Gasteiger partial charge in [-0.1, -0.05) is 12.1 Å². The molecule has 1 aliphatic heterocycles. The fourth-order valence-electron chi connectivity index (χ4n) is 3.73. The second kappa shape index (κ2) is 7.67. The molecule has 1 fully saturated rings. The highest BCUT2D eigenvalue weighted by Gasteiger charge is 2.25. The Morgan fingerprint density at radius 3 is 2.61 bits per heavy atom. The van der Waals surface area contributed by atoms with Crippen LogP contribution in [0.2, 0.25) is 0 Å². The third-order valence-electron chi connectivity index (χ3n) is 5.33. The highest BCUT2D eigenvalue weighted by atomic mass is 16.3. The maximum absolute atomic E-state index is 12.9. The molecule has 156 valence electrons. The van der Waals surface area contributed by atoms with Gasteiger partial charge in [0.15, 0.2) is 5.82 Å². The molecular formula is C22H21N7O2. The van der Waals surface area contributed by atoms with E-state index < -0.39 is 0 Å². The number of aromatic nitrogens is 5. The molecule has 31 heavy (non-hydrogen) atoms. The van der Waals surface area contributed by atoms with Crippen molar-refractivity contribution in [3.63, 3.8) is 0 Å². The summed E-state index contributed by atoms with van der Waals surface area (Å²) in [6, 6.07) is 10.8. The minimum Gasteiger partial charge on any atom is -0.507 e. The van der Waals surface area contributed by atoms with E-state index in [1.54, 1.807) is 46.0 Å². The van der Waals surface area contributed by atoms with Crippen molar-refractivity contribution < 1.29 is 9.90 Å². The fraction of sp³-hybridized carbons (Fsp3) is 0.227. The van der Waals surface area contributed by atoms with Crippen molar-refractivity contribution in [1.82, 2.24) is 29.2 Å². The molecular weight excluding hydrogens is 394 g/mol. The van der Waals surface area contributed by atoms with E-state index in [1.807, 2.05) is 25.3 Å². The van der Waals surface area contributed by atoms with E-state index >= 15 is 0 Å². The molecule has 0 aliphatic carbocycles. The first-order chi connectivity index (χ1) is 15.1. The third-order valence-corrected chi connectivity index (χ3v) is 5.33. The molecule has 9 nitrogen and oxygen atoms in total. The van der Waals surface area contributed by atoms with Gasteiger partial charge in [-0.15, -0.1) is 0 Å². The number of carbonyl (C=O) groups excluding carboxylic acids is 1. The van der Waals surface area contributed by atoms with E-state index in [2.05, 4.69) is 24.8 Å². The Balaban J connectivity index is 1.32. The maximum Gasteiger partial charge on any atom is 0.274 e. The highest BCUT2D eigenvalue weighted by molar-refractivity contribution is 5.93. The van der Waals surface area contributed by atoms with Gasteiger partial charge < -0.3 is 14.9 Å². The minimum atomic E-state index is -0.0982. The number of para-hydroxylation sites is 1. The van der Waals surface area contributed by atoms with E-state index in [0.717, 1.165) is 11.5 Å². The summed E-state index contributed by atoms with van der Waals surface area (Å²) in [5.74, 6) is 1.84. The standard InChI is InChI=1S/C22H21N7O2/c1-15-13-19(26-20(24-15)16-5-2-3-6-18(16)30)27-9-11-28(12-10-27)21(31)17-14-29-8-4-7-23-22(29)25-17/h2-8,13-14,30H,9-12H2,1H3. The van der Waals surface area contributed by atoms with Gasteiger partial charge in [-0.3, -0.25) is 9.20 Å². The van der Waals surface area contributed by atoms with Crippen LogP contribution in [0.15, 0.2) is 55.0 Å². The SMILES string of the molecule is Cc1cc(N2CCN(C(=O)c3cn4cccnc4n3)CC2)nc(-c2ccccc2O)n1. The number of nitrogens with zero attached hydrogens (tertiary/aromatic N) is 7. The number of benzene rings is 1. The molecule has 0 spiro atoms. The number of rotatable bonds is 3. The van der Waals surface area contributed by atoms with E-state index in [-0.39, 0.29) is 11.7 Å². The zero-order chi connectivity index (χ0) is 21.4. The number of hydrogen-bond donors (Lipinski definition) is 1. The molecule has 0 bridgehead atoms. The number of carbonyl (C=O) groups is 1. The highest BCUT2D eigenvalue weighted by Crippen LogP contribution is 2.28. The summed E-state index contributed by atoms with van der Waals surface area (Å²) >= 11 is 0. The lowest BCUT2D eigenvalue weighted by Crippen LogP contribution is -2.49. The number of hydrogen-bond acceptors (Lipinski definition) is 7. The molecule has 1 amide bonds. The van der Waals surface area contributed by atoms with E-state index in [0.29, 0.717) is 49.0 Å². The molecule has 3 aromatic heterocycles. The lowest BCUT2D eigenvalue weighted by molar-refractivity contribution is 0.0741. The van der Waals surface area contributed by atoms with Crippen LogP contribution in [0.25, 0.3) is 17.2 Å². The third kappa shape index (κ3) is 3.65. The predicted molar refractivity (Wildman–Crippen MR) is 115 cm³/mol. The number of fused-ring (bicyclic) bond motifs is 1. The van der Waals surface area contributed by atoms with Crippen molar-refractivity contribution in [3.05, 3.63) is 66.4 Å². The quantitative estimate of drug-likeness (QED) is 0.547. The van der Waals surface area contributed by atoms with Gasteiger partial charge in [0.2, 0.25) is 5.78 Å². The Morgan fingerprint density at radius 1 is 1.03 bits per heavy atom. The molecule has 4 aromatic rings. The maximum atomic E-state index is 12.9. The summed E-state index contributed by atoms with van der Waals surface area (Å²) < 4.78 is 1.74. The van der Waals surface area contributed by atoms with Crippen LogP contribution < -0.4 is 4.90 Å². The molecule has 0 unspecified atom stereocenters. The van der Waals surface area contributed by atoms with Crippen LogP contribution >= 0.6 is 0 Å². The van der Waals surface area contributed by atoms with Crippen LogP contribution in [0.1, 0.15) is 16.2 Å². The molecule has 0 saturated carbocycles. The van der Waals surface area contributed by atoms with Crippen molar-refractivity contribution in [2.75, 3.05) is 31.1 Å². The molecule has 1 aliphatic rings. The number of anilines is 1. The molecule has 4 heterocycles. The molecule has 1 N–H and O–H groups in total. The minimum absolute atomic E-state index is 0.0982. The lowest BCUT2D eigenvalue weighted by atomic mass is 10.2. The summed E-state index contributed by atoms with van der Waals surface area (Å²) in [4.78, 5) is 34.5. The Morgan fingerprint density at radius 2 is 1.84 bits per heavy atom. The number of phenolic OH excluding ortho intramolecular Hbond substituents is 1. The Bertz CT molecular complexity index is 1230. The molecule has 1 aromatic carbocycles. The van der Waals surface area contributed by atoms with Gasteiger partial charge in [-0.2, -0.15) is 0 Å². The first-order valence-electron chi connectivity index (χ1n) is 10.1. The van der Waals surface area contributed by atoms with Gasteiger partial charge in [0, 0.05) is 56.5 Å². The van der Waals surface area contributed by atoms with Crippen molar-refractivity contribution >= 4 is 17.5 Å². The average molecular weight is 415 g/mol. The monoisotopic (exact) mass is 415 g/mol. The first kappa shape index (κ1) is 19.0. The van der Waals surface area contributed by atoms with Crippen LogP contribution in [-0.4, -0.2) is 66.4 Å². The predicted octanol–water partition coefficient (Wildman–Crippen LogP) is 2.16. The molecule has 5 rings (SSSR count). The number of piperazine rings is 1. The second-order valence-corrected chi connectivity index (χ2v) is 7.44. The summed E-state index contributed by atoms with van der Waals surface area (Å²) in [7, 11) is 0. The van der Waals surface area contributed by atoms with Crippen LogP contribution in [-0.2, 0) is 0 Å². The van der Waals surface area contributed by atoms with Crippen molar-refractivity contribution in [1.29, 1.82) is 0 Å². The summed E-state index contributed by atoms with van der Waals surface area (Å²) in [6.07, 6.45) is 5.19. The largest absolute Gasteiger partial charge is 0.507 e. The molecule has 0 radical (unpaired) electrons. The lowest BCUT2D eigenvalue weighted by Gasteiger charge is -2.35. The number of aryl methyl sites for hydroxylation is 1. The van der Waals surface area contributed by atoms with Gasteiger partial charge >= 0.3 is 0 Å². The fourth-order valence-corrected chi connectivity index (χ4v) is 3.73. The van der Waals surface area contributed by atoms with E-state index in [4.69, 9.17) is 0 Å². The summed E-state index contributed by atoms with van der Waals surface area (Å²) in [5.41, 5.74) is 1.81. The molecule has 1 saturated heterocycles. The van der Waals surface area contributed by atoms with E-state index in [9.17, 15) is 9.90 Å². The smallest absolute Gasteiger partial charge is 0.274 e. The van der Waals surface area contributed by atoms with Crippen molar-refractivity contribution in [3.8, 4) is 17.1 Å². The number of imidazole rings is 1. The van der Waals surface area contributed by atoms with Crippen LogP contribution in [0, 0.1) is 6.92 Å². The first-order valence-corrected chi connectivity index (χ1v) is 10.1. The summed E-state index contributed by atoms with van der Waals surface area (Å²) in [6.45, 7) is 4.33. The van der Waals surface area contributed by atoms with Crippen LogP contribution in [0.5, 0.6) is 5.75 Å². The Labute approximate surface area is 178 Å². The van der Waals surface area contributed by atoms with Crippen LogP contribution in [0.4, 0.5) is 5.82 Å². The second-order valence-electron chi connectivity index (χ2n) is 7.44. The van der Waals surface area contributed by atoms with Gasteiger partial charge in [0.1, 0.15) is 17.3 Å². The number of aromatic hydroxyl groups is 1. The van der Waals surface area contributed by atoms with E-state index in [1.165, 1.54) is 0 Å². The Kier molecular flexibility index (Phi) is 4.70. The zero-order valence-electron chi connectivity index (χ0n) is 17.0. The molecule has 9 heteroatoms. The van der Waals surface area contributed by atoms with Gasteiger partial charge in [-0.25, -0.2) is 19.9 Å². The topological polar surface area (TPSA) is 99.8 Å². The normalized spacial score (nSPS) is 14.2. The van der Waals surface area contributed by atoms with Crippen molar-refractivity contribution in [2.24, 2.45) is 0 Å².